The van der Waals surface area contributed by atoms with Gasteiger partial charge in [0.15, 0.2) is 0 Å². The fourth-order valence-corrected chi connectivity index (χ4v) is 1.86. The van der Waals surface area contributed by atoms with E-state index < -0.39 is 19.1 Å². The predicted molar refractivity (Wildman–Crippen MR) is 65.3 cm³/mol. The summed E-state index contributed by atoms with van der Waals surface area (Å²) in [6.07, 6.45) is -2.77. The van der Waals surface area contributed by atoms with Crippen LogP contribution in [0.3, 0.4) is 0 Å². The quantitative estimate of drug-likeness (QED) is 0.780. The molecule has 1 aromatic rings. The van der Waals surface area contributed by atoms with Crippen molar-refractivity contribution in [2.45, 2.75) is 25.4 Å². The Morgan fingerprint density at radius 2 is 2.06 bits per heavy atom. The number of benzene rings is 1. The second-order valence-electron chi connectivity index (χ2n) is 3.85. The molecule has 6 heteroatoms. The van der Waals surface area contributed by atoms with Gasteiger partial charge >= 0.3 is 0 Å². The molecule has 1 atom stereocenters. The van der Waals surface area contributed by atoms with Gasteiger partial charge in [0.05, 0.1) is 6.10 Å². The second-order valence-corrected chi connectivity index (χ2v) is 4.70. The largest absolute Gasteiger partial charge is 0.393 e. The molecule has 0 aliphatic heterocycles. The topological polar surface area (TPSA) is 29.5 Å². The molecule has 18 heavy (non-hydrogen) atoms. The number of rotatable bonds is 7. The average Bonchev–Trinajstić information content (AvgIpc) is 2.29. The van der Waals surface area contributed by atoms with Crippen LogP contribution in [0.15, 0.2) is 22.7 Å². The van der Waals surface area contributed by atoms with E-state index in [9.17, 15) is 18.3 Å². The third-order valence-corrected chi connectivity index (χ3v) is 3.08. The van der Waals surface area contributed by atoms with E-state index in [0.717, 1.165) is 0 Å². The lowest BCUT2D eigenvalue weighted by atomic mass is 10.1. The number of halogens is 4. The Morgan fingerprint density at radius 3 is 2.72 bits per heavy atom. The van der Waals surface area contributed by atoms with Crippen molar-refractivity contribution >= 4 is 15.9 Å². The normalized spacial score (nSPS) is 13.0. The number of aliphatic hydroxyl groups is 1. The molecule has 1 aromatic carbocycles. The highest BCUT2D eigenvalue weighted by atomic mass is 79.9. The van der Waals surface area contributed by atoms with E-state index in [0.29, 0.717) is 10.0 Å². The zero-order valence-electron chi connectivity index (χ0n) is 9.58. The van der Waals surface area contributed by atoms with E-state index >= 15 is 0 Å². The van der Waals surface area contributed by atoms with Crippen LogP contribution in [-0.4, -0.2) is 30.8 Å². The molecule has 102 valence electrons. The van der Waals surface area contributed by atoms with E-state index in [-0.39, 0.29) is 25.3 Å². The van der Waals surface area contributed by atoms with E-state index in [1.54, 1.807) is 6.07 Å². The van der Waals surface area contributed by atoms with Crippen LogP contribution >= 0.6 is 15.9 Å². The maximum atomic E-state index is 13.0. The van der Waals surface area contributed by atoms with Gasteiger partial charge in [0, 0.05) is 11.1 Å². The van der Waals surface area contributed by atoms with Crippen LogP contribution in [0.5, 0.6) is 0 Å². The summed E-state index contributed by atoms with van der Waals surface area (Å²) >= 11 is 3.25. The molecule has 0 amide bonds. The molecule has 0 fully saturated rings. The molecule has 0 aromatic heterocycles. The Morgan fingerprint density at radius 1 is 1.33 bits per heavy atom. The van der Waals surface area contributed by atoms with Gasteiger partial charge in [-0.25, -0.2) is 13.2 Å². The highest BCUT2D eigenvalue weighted by molar-refractivity contribution is 9.10. The van der Waals surface area contributed by atoms with Gasteiger partial charge in [0.1, 0.15) is 12.4 Å². The lowest BCUT2D eigenvalue weighted by Gasteiger charge is -2.12. The molecule has 1 rings (SSSR count). The molecule has 0 aliphatic rings. The van der Waals surface area contributed by atoms with Crippen molar-refractivity contribution in [3.05, 3.63) is 34.1 Å². The summed E-state index contributed by atoms with van der Waals surface area (Å²) < 4.78 is 41.9. The Labute approximate surface area is 112 Å². The molecule has 0 saturated carbocycles. The van der Waals surface area contributed by atoms with Crippen molar-refractivity contribution in [1.29, 1.82) is 0 Å². The highest BCUT2D eigenvalue weighted by Gasteiger charge is 2.10. The molecule has 1 N–H and O–H groups in total. The molecule has 0 bridgehead atoms. The van der Waals surface area contributed by atoms with Gasteiger partial charge in [-0.2, -0.15) is 0 Å². The zero-order chi connectivity index (χ0) is 13.5. The van der Waals surface area contributed by atoms with Gasteiger partial charge in [-0.15, -0.1) is 0 Å². The summed E-state index contributed by atoms with van der Waals surface area (Å²) in [7, 11) is 0. The van der Waals surface area contributed by atoms with Gasteiger partial charge < -0.3 is 9.84 Å². The van der Waals surface area contributed by atoms with Crippen molar-refractivity contribution in [1.82, 2.24) is 0 Å². The number of alkyl halides is 2. The average molecular weight is 327 g/mol. The van der Waals surface area contributed by atoms with Crippen LogP contribution in [0.2, 0.25) is 0 Å². The number of hydrogen-bond donors (Lipinski definition) is 1. The van der Waals surface area contributed by atoms with Crippen LogP contribution in [0.1, 0.15) is 12.0 Å². The third kappa shape index (κ3) is 5.84. The Kier molecular flexibility index (Phi) is 6.67. The fraction of sp³-hybridized carbons (Fsp3) is 0.500. The minimum Gasteiger partial charge on any atom is -0.393 e. The SMILES string of the molecule is OC(CCOCC(F)F)Cc1cc(F)ccc1Br. The van der Waals surface area contributed by atoms with Gasteiger partial charge in [0.25, 0.3) is 6.43 Å². The van der Waals surface area contributed by atoms with Gasteiger partial charge in [-0.05, 0) is 36.6 Å². The van der Waals surface area contributed by atoms with Crippen molar-refractivity contribution in [3.8, 4) is 0 Å². The van der Waals surface area contributed by atoms with Crippen LogP contribution in [0.4, 0.5) is 13.2 Å². The molecular weight excluding hydrogens is 313 g/mol. The summed E-state index contributed by atoms with van der Waals surface area (Å²) in [5.41, 5.74) is 0.636. The highest BCUT2D eigenvalue weighted by Crippen LogP contribution is 2.20. The molecule has 1 unspecified atom stereocenters. The first-order chi connectivity index (χ1) is 8.49. The predicted octanol–water partition coefficient (Wildman–Crippen LogP) is 3.16. The first-order valence-electron chi connectivity index (χ1n) is 5.47. The third-order valence-electron chi connectivity index (χ3n) is 2.30. The molecule has 0 heterocycles. The van der Waals surface area contributed by atoms with E-state index in [1.165, 1.54) is 12.1 Å². The fourth-order valence-electron chi connectivity index (χ4n) is 1.45. The van der Waals surface area contributed by atoms with E-state index in [1.807, 2.05) is 0 Å². The maximum absolute atomic E-state index is 13.0. The van der Waals surface area contributed by atoms with Gasteiger partial charge in [-0.1, -0.05) is 15.9 Å². The van der Waals surface area contributed by atoms with E-state index in [2.05, 4.69) is 20.7 Å². The minimum absolute atomic E-state index is 0.0540. The summed E-state index contributed by atoms with van der Waals surface area (Å²) in [5, 5.41) is 9.67. The molecule has 0 radical (unpaired) electrons. The minimum atomic E-state index is -2.50. The Hall–Kier alpha value is -0.590. The zero-order valence-corrected chi connectivity index (χ0v) is 11.2. The van der Waals surface area contributed by atoms with Crippen molar-refractivity contribution in [2.75, 3.05) is 13.2 Å². The van der Waals surface area contributed by atoms with Crippen molar-refractivity contribution in [2.24, 2.45) is 0 Å². The molecule has 2 nitrogen and oxygen atoms in total. The number of hydrogen-bond acceptors (Lipinski definition) is 2. The monoisotopic (exact) mass is 326 g/mol. The number of aliphatic hydroxyl groups excluding tert-OH is 1. The van der Waals surface area contributed by atoms with Gasteiger partial charge in [0.2, 0.25) is 0 Å². The second kappa shape index (κ2) is 7.76. The first-order valence-corrected chi connectivity index (χ1v) is 6.26. The van der Waals surface area contributed by atoms with Gasteiger partial charge in [-0.3, -0.25) is 0 Å². The standard InChI is InChI=1S/C12H14BrF3O2/c13-11-2-1-9(14)5-8(11)6-10(17)3-4-18-7-12(15)16/h1-2,5,10,12,17H,3-4,6-7H2. The van der Waals surface area contributed by atoms with Crippen LogP contribution in [0, 0.1) is 5.82 Å². The lowest BCUT2D eigenvalue weighted by Crippen LogP contribution is -2.15. The van der Waals surface area contributed by atoms with Crippen molar-refractivity contribution in [3.63, 3.8) is 0 Å². The molecular formula is C12H14BrF3O2. The summed E-state index contributed by atoms with van der Waals surface area (Å²) in [5.74, 6) is -0.380. The summed E-state index contributed by atoms with van der Waals surface area (Å²) in [4.78, 5) is 0. The maximum Gasteiger partial charge on any atom is 0.261 e. The summed E-state index contributed by atoms with van der Waals surface area (Å²) in [6.45, 7) is -0.575. The van der Waals surface area contributed by atoms with E-state index in [4.69, 9.17) is 0 Å². The Balaban J connectivity index is 2.35. The molecule has 0 saturated heterocycles. The van der Waals surface area contributed by atoms with Crippen molar-refractivity contribution < 1.29 is 23.0 Å². The first kappa shape index (κ1) is 15.5. The van der Waals surface area contributed by atoms with Crippen LogP contribution in [-0.2, 0) is 11.2 Å². The number of ether oxygens (including phenoxy) is 1. The smallest absolute Gasteiger partial charge is 0.261 e. The van der Waals surface area contributed by atoms with Crippen LogP contribution < -0.4 is 0 Å². The Bertz CT molecular complexity index is 374. The lowest BCUT2D eigenvalue weighted by molar-refractivity contribution is 0.00510. The molecule has 0 spiro atoms. The summed E-state index contributed by atoms with van der Waals surface area (Å²) in [6, 6.07) is 4.20. The molecule has 0 aliphatic carbocycles. The van der Waals surface area contributed by atoms with Crippen LogP contribution in [0.25, 0.3) is 0 Å².